The molecule has 0 spiro atoms. The van der Waals surface area contributed by atoms with Crippen LogP contribution in [0.3, 0.4) is 0 Å². The van der Waals surface area contributed by atoms with Gasteiger partial charge < -0.3 is 9.84 Å². The van der Waals surface area contributed by atoms with Crippen molar-refractivity contribution in [2.75, 3.05) is 13.2 Å². The molecule has 1 fully saturated rings. The summed E-state index contributed by atoms with van der Waals surface area (Å²) in [5, 5.41) is 9.71. The Kier molecular flexibility index (Phi) is 4.29. The average molecular weight is 299 g/mol. The highest BCUT2D eigenvalue weighted by atomic mass is 32.2. The van der Waals surface area contributed by atoms with Gasteiger partial charge in [-0.15, -0.1) is 0 Å². The van der Waals surface area contributed by atoms with Crippen molar-refractivity contribution in [1.82, 2.24) is 4.31 Å². The second kappa shape index (κ2) is 5.80. The normalized spacial score (nSPS) is 15.3. The van der Waals surface area contributed by atoms with Crippen LogP contribution in [0.4, 0.5) is 0 Å². The predicted octanol–water partition coefficient (Wildman–Crippen LogP) is 1.11. The molecule has 0 bridgehead atoms. The van der Waals surface area contributed by atoms with Gasteiger partial charge in [0.2, 0.25) is 10.0 Å². The zero-order valence-electron chi connectivity index (χ0n) is 11.2. The fraction of sp³-hybridized carbons (Fsp3) is 0.462. The molecule has 110 valence electrons. The summed E-state index contributed by atoms with van der Waals surface area (Å²) in [6.45, 7) is 1.54. The number of para-hydroxylation sites is 1. The van der Waals surface area contributed by atoms with Crippen LogP contribution in [-0.4, -0.2) is 43.0 Å². The molecule has 1 saturated carbocycles. The van der Waals surface area contributed by atoms with E-state index in [0.29, 0.717) is 12.8 Å². The molecule has 2 rings (SSSR count). The summed E-state index contributed by atoms with van der Waals surface area (Å²) in [7, 11) is -3.90. The summed E-state index contributed by atoms with van der Waals surface area (Å²) in [6.07, 6.45) is 1.43. The number of hydrogen-bond acceptors (Lipinski definition) is 5. The number of rotatable bonds is 6. The molecule has 0 amide bonds. The number of esters is 1. The second-order valence-corrected chi connectivity index (χ2v) is 6.41. The minimum absolute atomic E-state index is 0.184. The summed E-state index contributed by atoms with van der Waals surface area (Å²) in [6, 6.07) is 5.51. The lowest BCUT2D eigenvalue weighted by Crippen LogP contribution is -2.38. The van der Waals surface area contributed by atoms with Gasteiger partial charge in [0.15, 0.2) is 0 Å². The number of sulfonamides is 1. The summed E-state index contributed by atoms with van der Waals surface area (Å²) < 4.78 is 31.0. The van der Waals surface area contributed by atoms with Gasteiger partial charge in [0.05, 0.1) is 6.61 Å². The highest BCUT2D eigenvalue weighted by molar-refractivity contribution is 7.89. The van der Waals surface area contributed by atoms with Gasteiger partial charge >= 0.3 is 5.97 Å². The molecule has 0 unspecified atom stereocenters. The second-order valence-electron chi connectivity index (χ2n) is 4.55. The van der Waals surface area contributed by atoms with Crippen LogP contribution in [-0.2, 0) is 19.6 Å². The molecule has 0 radical (unpaired) electrons. The molecule has 0 atom stereocenters. The van der Waals surface area contributed by atoms with Gasteiger partial charge in [0.25, 0.3) is 0 Å². The summed E-state index contributed by atoms with van der Waals surface area (Å²) in [5.41, 5.74) is 0. The molecule has 6 nitrogen and oxygen atoms in total. The molecule has 0 aliphatic heterocycles. The van der Waals surface area contributed by atoms with E-state index in [1.54, 1.807) is 13.0 Å². The van der Waals surface area contributed by atoms with E-state index in [1.807, 2.05) is 0 Å². The molecule has 1 aliphatic carbocycles. The van der Waals surface area contributed by atoms with Crippen LogP contribution in [0.5, 0.6) is 5.75 Å². The van der Waals surface area contributed by atoms with Gasteiger partial charge in [-0.05, 0) is 31.9 Å². The highest BCUT2D eigenvalue weighted by Gasteiger charge is 2.40. The first-order valence-corrected chi connectivity index (χ1v) is 7.86. The van der Waals surface area contributed by atoms with E-state index < -0.39 is 16.0 Å². The fourth-order valence-corrected chi connectivity index (χ4v) is 3.62. The molecule has 1 aliphatic rings. The van der Waals surface area contributed by atoms with Gasteiger partial charge in [-0.2, -0.15) is 4.31 Å². The third-order valence-corrected chi connectivity index (χ3v) is 4.94. The Morgan fingerprint density at radius 2 is 2.05 bits per heavy atom. The van der Waals surface area contributed by atoms with E-state index in [2.05, 4.69) is 0 Å². The Balaban J connectivity index is 2.29. The van der Waals surface area contributed by atoms with Gasteiger partial charge in [0.1, 0.15) is 17.2 Å². The van der Waals surface area contributed by atoms with Crippen LogP contribution < -0.4 is 0 Å². The molecule has 7 heteroatoms. The highest BCUT2D eigenvalue weighted by Crippen LogP contribution is 2.34. The van der Waals surface area contributed by atoms with Crippen LogP contribution in [0.15, 0.2) is 29.2 Å². The van der Waals surface area contributed by atoms with E-state index in [4.69, 9.17) is 4.74 Å². The lowest BCUT2D eigenvalue weighted by atomic mass is 10.3. The number of hydrogen-bond donors (Lipinski definition) is 1. The number of nitrogens with zero attached hydrogens (tertiary/aromatic N) is 1. The van der Waals surface area contributed by atoms with E-state index in [1.165, 1.54) is 18.2 Å². The van der Waals surface area contributed by atoms with Crippen molar-refractivity contribution < 1.29 is 23.1 Å². The van der Waals surface area contributed by atoms with Crippen LogP contribution in [0, 0.1) is 0 Å². The molecule has 1 N–H and O–H groups in total. The Morgan fingerprint density at radius 3 is 2.60 bits per heavy atom. The Labute approximate surface area is 118 Å². The quantitative estimate of drug-likeness (QED) is 0.795. The summed E-state index contributed by atoms with van der Waals surface area (Å²) >= 11 is 0. The van der Waals surface area contributed by atoms with Crippen molar-refractivity contribution in [3.05, 3.63) is 24.3 Å². The minimum atomic E-state index is -3.90. The summed E-state index contributed by atoms with van der Waals surface area (Å²) in [4.78, 5) is 11.4. The molecular formula is C13H17NO5S. The average Bonchev–Trinajstić information content (AvgIpc) is 3.20. The Hall–Kier alpha value is -1.60. The third kappa shape index (κ3) is 3.10. The smallest absolute Gasteiger partial charge is 0.321 e. The maximum atomic E-state index is 12.5. The Bertz CT molecular complexity index is 595. The zero-order chi connectivity index (χ0) is 14.8. The number of phenols is 1. The van der Waals surface area contributed by atoms with Crippen molar-refractivity contribution in [3.8, 4) is 5.75 Å². The van der Waals surface area contributed by atoms with Gasteiger partial charge in [-0.25, -0.2) is 8.42 Å². The van der Waals surface area contributed by atoms with Crippen molar-refractivity contribution >= 4 is 16.0 Å². The lowest BCUT2D eigenvalue weighted by Gasteiger charge is -2.21. The molecule has 20 heavy (non-hydrogen) atoms. The van der Waals surface area contributed by atoms with Gasteiger partial charge in [-0.3, -0.25) is 4.79 Å². The number of aromatic hydroxyl groups is 1. The SMILES string of the molecule is CCOC(=O)CN(C1CC1)S(=O)(=O)c1ccccc1O. The van der Waals surface area contributed by atoms with Crippen molar-refractivity contribution in [2.45, 2.75) is 30.7 Å². The van der Waals surface area contributed by atoms with Crippen molar-refractivity contribution in [3.63, 3.8) is 0 Å². The van der Waals surface area contributed by atoms with Crippen molar-refractivity contribution in [1.29, 1.82) is 0 Å². The molecule has 1 aromatic carbocycles. The number of benzene rings is 1. The molecule has 0 heterocycles. The number of phenolic OH excluding ortho intramolecular Hbond substituents is 1. The maximum Gasteiger partial charge on any atom is 0.321 e. The van der Waals surface area contributed by atoms with E-state index >= 15 is 0 Å². The van der Waals surface area contributed by atoms with Gasteiger partial charge in [-0.1, -0.05) is 12.1 Å². The van der Waals surface area contributed by atoms with Crippen molar-refractivity contribution in [2.24, 2.45) is 0 Å². The van der Waals surface area contributed by atoms with Crippen LogP contribution >= 0.6 is 0 Å². The molecular weight excluding hydrogens is 282 g/mol. The largest absolute Gasteiger partial charge is 0.507 e. The first-order chi connectivity index (χ1) is 9.46. The topological polar surface area (TPSA) is 83.9 Å². The minimum Gasteiger partial charge on any atom is -0.507 e. The standard InChI is InChI=1S/C13H17NO5S/c1-2-19-13(16)9-14(10-7-8-10)20(17,18)12-6-4-3-5-11(12)15/h3-6,10,15H,2,7-9H2,1H3. The third-order valence-electron chi connectivity index (χ3n) is 3.00. The summed E-state index contributed by atoms with van der Waals surface area (Å²) in [5.74, 6) is -0.902. The molecule has 0 aromatic heterocycles. The molecule has 1 aromatic rings. The number of ether oxygens (including phenoxy) is 1. The first-order valence-electron chi connectivity index (χ1n) is 6.42. The zero-order valence-corrected chi connectivity index (χ0v) is 12.0. The van der Waals surface area contributed by atoms with E-state index in [0.717, 1.165) is 4.31 Å². The predicted molar refractivity (Wildman–Crippen MR) is 71.7 cm³/mol. The molecule has 0 saturated heterocycles. The first kappa shape index (κ1) is 14.8. The monoisotopic (exact) mass is 299 g/mol. The van der Waals surface area contributed by atoms with Gasteiger partial charge in [0, 0.05) is 6.04 Å². The van der Waals surface area contributed by atoms with E-state index in [9.17, 15) is 18.3 Å². The van der Waals surface area contributed by atoms with E-state index in [-0.39, 0.29) is 29.8 Å². The fourth-order valence-electron chi connectivity index (χ4n) is 1.91. The lowest BCUT2D eigenvalue weighted by molar-refractivity contribution is -0.143. The Morgan fingerprint density at radius 1 is 1.40 bits per heavy atom. The number of carbonyl (C=O) groups excluding carboxylic acids is 1. The van der Waals surface area contributed by atoms with Crippen LogP contribution in [0.25, 0.3) is 0 Å². The van der Waals surface area contributed by atoms with Crippen LogP contribution in [0.1, 0.15) is 19.8 Å². The van der Waals surface area contributed by atoms with Crippen LogP contribution in [0.2, 0.25) is 0 Å². The number of carbonyl (C=O) groups is 1. The maximum absolute atomic E-state index is 12.5.